The van der Waals surface area contributed by atoms with Gasteiger partial charge in [-0.3, -0.25) is 0 Å². The fourth-order valence-corrected chi connectivity index (χ4v) is 7.61. The van der Waals surface area contributed by atoms with Crippen LogP contribution in [-0.4, -0.2) is 20.7 Å². The molecule has 1 atom stereocenters. The van der Waals surface area contributed by atoms with Crippen LogP contribution < -0.4 is 4.90 Å². The van der Waals surface area contributed by atoms with Gasteiger partial charge in [-0.05, 0) is 30.7 Å². The number of hydrogen-bond donors (Lipinski definition) is 0. The molecule has 0 N–H and O–H groups in total. The zero-order valence-corrected chi connectivity index (χ0v) is 23.5. The monoisotopic (exact) mass is 479 g/mol. The molecule has 0 saturated carbocycles. The molecule has 1 unspecified atom stereocenters. The van der Waals surface area contributed by atoms with Gasteiger partial charge in [-0.25, -0.2) is 0 Å². The van der Waals surface area contributed by atoms with Gasteiger partial charge in [0.05, 0.1) is 0 Å². The number of anilines is 2. The maximum absolute atomic E-state index is 7.09. The molecule has 3 heteroatoms. The minimum absolute atomic E-state index is 0.113. The van der Waals surface area contributed by atoms with Crippen LogP contribution in [0.2, 0.25) is 10.6 Å². The number of hydrogen-bond acceptors (Lipinski definition) is 2. The van der Waals surface area contributed by atoms with Crippen LogP contribution in [-0.2, 0) is 3.79 Å². The molecular formula is C31H50AlNO. The lowest BCUT2D eigenvalue weighted by atomic mass is 10.1. The Morgan fingerprint density at radius 1 is 0.588 bits per heavy atom. The van der Waals surface area contributed by atoms with E-state index >= 15 is 0 Å². The molecule has 2 nitrogen and oxygen atoms in total. The maximum Gasteiger partial charge on any atom is 0.462 e. The van der Waals surface area contributed by atoms with E-state index < -0.39 is 14.5 Å². The normalized spacial score (nSPS) is 12.0. The molecule has 2 aromatic carbocycles. The molecule has 0 radical (unpaired) electrons. The van der Waals surface area contributed by atoms with Crippen molar-refractivity contribution in [3.05, 3.63) is 60.7 Å². The van der Waals surface area contributed by atoms with Gasteiger partial charge in [0.15, 0.2) is 0 Å². The summed E-state index contributed by atoms with van der Waals surface area (Å²) in [5, 5.41) is 2.66. The Morgan fingerprint density at radius 3 is 1.41 bits per heavy atom. The van der Waals surface area contributed by atoms with Gasteiger partial charge in [-0.15, -0.1) is 0 Å². The molecule has 0 aliphatic rings. The van der Waals surface area contributed by atoms with Gasteiger partial charge in [0.2, 0.25) is 0 Å². The zero-order chi connectivity index (χ0) is 24.3. The zero-order valence-electron chi connectivity index (χ0n) is 22.4. The Kier molecular flexibility index (Phi) is 16.2. The van der Waals surface area contributed by atoms with Gasteiger partial charge in [0.25, 0.3) is 0 Å². The van der Waals surface area contributed by atoms with Crippen molar-refractivity contribution in [2.45, 2.75) is 121 Å². The second-order valence-corrected chi connectivity index (χ2v) is 12.4. The molecule has 2 rings (SSSR count). The highest BCUT2D eigenvalue weighted by Gasteiger charge is 2.27. The van der Waals surface area contributed by atoms with Gasteiger partial charge in [-0.1, -0.05) is 145 Å². The van der Waals surface area contributed by atoms with Crippen molar-refractivity contribution in [1.82, 2.24) is 0 Å². The molecule has 0 saturated heterocycles. The fourth-order valence-electron chi connectivity index (χ4n) is 4.81. The molecule has 0 aliphatic heterocycles. The lowest BCUT2D eigenvalue weighted by Gasteiger charge is -2.36. The third-order valence-electron chi connectivity index (χ3n) is 6.81. The van der Waals surface area contributed by atoms with Crippen LogP contribution in [0.4, 0.5) is 11.4 Å². The maximum atomic E-state index is 7.09. The van der Waals surface area contributed by atoms with E-state index in [1.165, 1.54) is 99.0 Å². The summed E-state index contributed by atoms with van der Waals surface area (Å²) < 4.78 is 7.09. The van der Waals surface area contributed by atoms with Crippen LogP contribution in [0.3, 0.4) is 0 Å². The SMILES string of the molecule is CCCCCCC[CH2][Al]([CH2]CCCCCCC)[O]C(CC)N(c1ccccc1)c1ccccc1. The third kappa shape index (κ3) is 11.4. The average Bonchev–Trinajstić information content (AvgIpc) is 2.88. The molecule has 0 heterocycles. The number of para-hydroxylation sites is 2. The number of unbranched alkanes of at least 4 members (excludes halogenated alkanes) is 10. The van der Waals surface area contributed by atoms with Gasteiger partial charge >= 0.3 is 14.5 Å². The molecule has 0 spiro atoms. The Balaban J connectivity index is 2.05. The summed E-state index contributed by atoms with van der Waals surface area (Å²) in [7, 11) is 0. The van der Waals surface area contributed by atoms with E-state index in [0.717, 1.165) is 6.42 Å². The summed E-state index contributed by atoms with van der Waals surface area (Å²) in [6.07, 6.45) is 17.6. The quantitative estimate of drug-likeness (QED) is 0.106. The van der Waals surface area contributed by atoms with Crippen LogP contribution in [0.25, 0.3) is 0 Å². The predicted molar refractivity (Wildman–Crippen MR) is 152 cm³/mol. The highest BCUT2D eigenvalue weighted by atomic mass is 27.2. The van der Waals surface area contributed by atoms with E-state index in [-0.39, 0.29) is 6.23 Å². The van der Waals surface area contributed by atoms with Crippen LogP contribution in [0.1, 0.15) is 104 Å². The topological polar surface area (TPSA) is 12.5 Å². The summed E-state index contributed by atoms with van der Waals surface area (Å²) in [5.74, 6) is 0. The highest BCUT2D eigenvalue weighted by Crippen LogP contribution is 2.30. The van der Waals surface area contributed by atoms with Gasteiger partial charge in [-0.2, -0.15) is 0 Å². The van der Waals surface area contributed by atoms with Gasteiger partial charge in [0.1, 0.15) is 6.23 Å². The van der Waals surface area contributed by atoms with Crippen molar-refractivity contribution >= 4 is 25.9 Å². The molecule has 0 fully saturated rings. The summed E-state index contributed by atoms with van der Waals surface area (Å²) in [5.41, 5.74) is 2.46. The van der Waals surface area contributed by atoms with Crippen LogP contribution in [0, 0.1) is 0 Å². The molecule has 0 bridgehead atoms. The molecule has 188 valence electrons. The third-order valence-corrected chi connectivity index (χ3v) is 9.62. The molecule has 0 amide bonds. The second kappa shape index (κ2) is 19.0. The van der Waals surface area contributed by atoms with Crippen molar-refractivity contribution in [3.63, 3.8) is 0 Å². The second-order valence-electron chi connectivity index (χ2n) is 9.77. The number of rotatable bonds is 20. The summed E-state index contributed by atoms with van der Waals surface area (Å²) >= 11 is -1.27. The van der Waals surface area contributed by atoms with Crippen molar-refractivity contribution in [3.8, 4) is 0 Å². The standard InChI is InChI=1S/C15H16NO.2C8H17.Al/c1-2-15(17)16(13-9-5-3-6-10-13)14-11-7-4-8-12-14;2*1-3-5-7-8-6-4-2;/h3-12,15H,2H2,1H3;2*1,3-8H2,2H3;/q-1;;;+1. The first kappa shape index (κ1) is 29.0. The van der Waals surface area contributed by atoms with Crippen LogP contribution in [0.5, 0.6) is 0 Å². The van der Waals surface area contributed by atoms with E-state index in [1.807, 2.05) is 0 Å². The number of benzene rings is 2. The fraction of sp³-hybridized carbons (Fsp3) is 0.613. The lowest BCUT2D eigenvalue weighted by Crippen LogP contribution is -2.38. The molecule has 0 aromatic heterocycles. The van der Waals surface area contributed by atoms with Crippen molar-refractivity contribution in [2.75, 3.05) is 4.90 Å². The Labute approximate surface area is 215 Å². The van der Waals surface area contributed by atoms with E-state index in [2.05, 4.69) is 86.3 Å². The summed E-state index contributed by atoms with van der Waals surface area (Å²) in [6, 6.07) is 21.6. The Bertz CT molecular complexity index is 652. The highest BCUT2D eigenvalue weighted by molar-refractivity contribution is 6.51. The van der Waals surface area contributed by atoms with Crippen LogP contribution >= 0.6 is 0 Å². The first-order valence-corrected chi connectivity index (χ1v) is 16.4. The number of nitrogens with zero attached hydrogens (tertiary/aromatic N) is 1. The summed E-state index contributed by atoms with van der Waals surface area (Å²) in [4.78, 5) is 2.43. The molecular weight excluding hydrogens is 429 g/mol. The lowest BCUT2D eigenvalue weighted by molar-refractivity contribution is 0.200. The molecule has 34 heavy (non-hydrogen) atoms. The Morgan fingerprint density at radius 2 is 1.00 bits per heavy atom. The first-order valence-electron chi connectivity index (χ1n) is 14.3. The van der Waals surface area contributed by atoms with E-state index in [1.54, 1.807) is 0 Å². The minimum atomic E-state index is -1.27. The average molecular weight is 480 g/mol. The van der Waals surface area contributed by atoms with E-state index in [0.29, 0.717) is 0 Å². The van der Waals surface area contributed by atoms with Gasteiger partial charge in [0, 0.05) is 11.4 Å². The molecule has 0 aliphatic carbocycles. The minimum Gasteiger partial charge on any atom is -0.482 e. The van der Waals surface area contributed by atoms with Crippen molar-refractivity contribution < 1.29 is 3.79 Å². The van der Waals surface area contributed by atoms with E-state index in [9.17, 15) is 0 Å². The van der Waals surface area contributed by atoms with Crippen molar-refractivity contribution in [1.29, 1.82) is 0 Å². The predicted octanol–water partition coefficient (Wildman–Crippen LogP) is 10.3. The first-order chi connectivity index (χ1) is 16.8. The smallest absolute Gasteiger partial charge is 0.462 e. The molecule has 2 aromatic rings. The summed E-state index contributed by atoms with van der Waals surface area (Å²) in [6.45, 7) is 6.88. The van der Waals surface area contributed by atoms with E-state index in [4.69, 9.17) is 3.79 Å². The largest absolute Gasteiger partial charge is 0.482 e. The van der Waals surface area contributed by atoms with Crippen LogP contribution in [0.15, 0.2) is 60.7 Å². The van der Waals surface area contributed by atoms with Gasteiger partial charge < -0.3 is 8.69 Å². The Hall–Kier alpha value is -1.27. The van der Waals surface area contributed by atoms with Crippen molar-refractivity contribution in [2.24, 2.45) is 0 Å².